The summed E-state index contributed by atoms with van der Waals surface area (Å²) >= 11 is 1.74. The molecule has 0 bridgehead atoms. The quantitative estimate of drug-likeness (QED) is 0.833. The van der Waals surface area contributed by atoms with E-state index in [1.807, 2.05) is 20.0 Å². The first-order chi connectivity index (χ1) is 11.7. The van der Waals surface area contributed by atoms with Gasteiger partial charge in [-0.25, -0.2) is 4.98 Å². The topological polar surface area (TPSA) is 64.5 Å². The highest BCUT2D eigenvalue weighted by Crippen LogP contribution is 2.22. The minimum Gasteiger partial charge on any atom is -0.396 e. The highest BCUT2D eigenvalue weighted by molar-refractivity contribution is 7.07. The molecule has 0 amide bonds. The SMILES string of the molecule is CNc1nc(C)cc(N2CCN(Cc3ccsc3)C(CCO)C2)n1. The second kappa shape index (κ2) is 7.92. The van der Waals surface area contributed by atoms with Crippen LogP contribution in [-0.4, -0.2) is 59.3 Å². The molecule has 3 rings (SSSR count). The van der Waals surface area contributed by atoms with E-state index >= 15 is 0 Å². The summed E-state index contributed by atoms with van der Waals surface area (Å²) in [5, 5.41) is 16.8. The number of aliphatic hydroxyl groups excluding tert-OH is 1. The first kappa shape index (κ1) is 17.1. The number of thiophene rings is 1. The fraction of sp³-hybridized carbons (Fsp3) is 0.529. The summed E-state index contributed by atoms with van der Waals surface area (Å²) in [4.78, 5) is 13.7. The van der Waals surface area contributed by atoms with Crippen LogP contribution < -0.4 is 10.2 Å². The number of aromatic nitrogens is 2. The fourth-order valence-electron chi connectivity index (χ4n) is 3.17. The highest BCUT2D eigenvalue weighted by atomic mass is 32.1. The average Bonchev–Trinajstić information content (AvgIpc) is 3.09. The van der Waals surface area contributed by atoms with Crippen LogP contribution in [0.5, 0.6) is 0 Å². The molecule has 0 aliphatic carbocycles. The van der Waals surface area contributed by atoms with E-state index in [1.165, 1.54) is 5.56 Å². The number of anilines is 2. The smallest absolute Gasteiger partial charge is 0.224 e. The lowest BCUT2D eigenvalue weighted by Crippen LogP contribution is -2.53. The third-order valence-corrected chi connectivity index (χ3v) is 5.15. The zero-order valence-corrected chi connectivity index (χ0v) is 15.1. The molecular weight excluding hydrogens is 322 g/mol. The predicted molar refractivity (Wildman–Crippen MR) is 98.7 cm³/mol. The lowest BCUT2D eigenvalue weighted by atomic mass is 10.1. The Morgan fingerprint density at radius 2 is 2.25 bits per heavy atom. The Hall–Kier alpha value is -1.70. The normalized spacial score (nSPS) is 18.8. The van der Waals surface area contributed by atoms with E-state index in [2.05, 4.69) is 41.9 Å². The number of piperazine rings is 1. The minimum atomic E-state index is 0.212. The zero-order chi connectivity index (χ0) is 16.9. The van der Waals surface area contributed by atoms with Crippen molar-refractivity contribution in [3.8, 4) is 0 Å². The summed E-state index contributed by atoms with van der Waals surface area (Å²) in [6.07, 6.45) is 0.781. The number of hydrogen-bond acceptors (Lipinski definition) is 7. The van der Waals surface area contributed by atoms with E-state index < -0.39 is 0 Å². The van der Waals surface area contributed by atoms with E-state index in [0.29, 0.717) is 12.0 Å². The van der Waals surface area contributed by atoms with E-state index in [-0.39, 0.29) is 6.61 Å². The standard InChI is InChI=1S/C17H25N5OS/c1-13-9-16(20-17(18-2)19-13)22-6-5-21(15(11-22)3-7-23)10-14-4-8-24-12-14/h4,8-9,12,15,23H,3,5-7,10-11H2,1-2H3,(H,18,19,20). The Labute approximate surface area is 147 Å². The van der Waals surface area contributed by atoms with Crippen LogP contribution in [0.15, 0.2) is 22.9 Å². The van der Waals surface area contributed by atoms with Gasteiger partial charge in [-0.3, -0.25) is 4.90 Å². The van der Waals surface area contributed by atoms with Gasteiger partial charge in [0.2, 0.25) is 5.95 Å². The molecule has 0 spiro atoms. The Kier molecular flexibility index (Phi) is 5.65. The maximum atomic E-state index is 9.47. The molecule has 0 saturated carbocycles. The van der Waals surface area contributed by atoms with Gasteiger partial charge in [-0.2, -0.15) is 16.3 Å². The molecule has 3 heterocycles. The first-order valence-corrected chi connectivity index (χ1v) is 9.28. The summed E-state index contributed by atoms with van der Waals surface area (Å²) in [5.41, 5.74) is 2.32. The van der Waals surface area contributed by atoms with Crippen molar-refractivity contribution < 1.29 is 5.11 Å². The van der Waals surface area contributed by atoms with Gasteiger partial charge in [0.15, 0.2) is 0 Å². The molecule has 2 N–H and O–H groups in total. The molecule has 1 unspecified atom stereocenters. The summed E-state index contributed by atoms with van der Waals surface area (Å²) in [7, 11) is 1.84. The third kappa shape index (κ3) is 4.03. The van der Waals surface area contributed by atoms with E-state index in [1.54, 1.807) is 11.3 Å². The van der Waals surface area contributed by atoms with Crippen molar-refractivity contribution in [2.75, 3.05) is 43.5 Å². The molecule has 7 heteroatoms. The van der Waals surface area contributed by atoms with Crippen molar-refractivity contribution in [3.05, 3.63) is 34.2 Å². The van der Waals surface area contributed by atoms with Crippen LogP contribution in [0.4, 0.5) is 11.8 Å². The monoisotopic (exact) mass is 347 g/mol. The van der Waals surface area contributed by atoms with Crippen molar-refractivity contribution in [1.29, 1.82) is 0 Å². The molecule has 2 aromatic heterocycles. The lowest BCUT2D eigenvalue weighted by Gasteiger charge is -2.42. The number of aryl methyl sites for hydroxylation is 1. The van der Waals surface area contributed by atoms with Gasteiger partial charge in [0.05, 0.1) is 0 Å². The van der Waals surface area contributed by atoms with Crippen molar-refractivity contribution in [2.45, 2.75) is 25.9 Å². The van der Waals surface area contributed by atoms with Crippen LogP contribution in [0.1, 0.15) is 17.7 Å². The van der Waals surface area contributed by atoms with Gasteiger partial charge >= 0.3 is 0 Å². The maximum absolute atomic E-state index is 9.47. The summed E-state index contributed by atoms with van der Waals surface area (Å²) in [6.45, 7) is 5.94. The van der Waals surface area contributed by atoms with Gasteiger partial charge in [-0.05, 0) is 35.7 Å². The molecular formula is C17H25N5OS. The number of aliphatic hydroxyl groups is 1. The molecule has 1 aliphatic heterocycles. The van der Waals surface area contributed by atoms with Crippen LogP contribution in [-0.2, 0) is 6.54 Å². The average molecular weight is 347 g/mol. The van der Waals surface area contributed by atoms with E-state index in [4.69, 9.17) is 0 Å². The molecule has 0 radical (unpaired) electrons. The Morgan fingerprint density at radius 1 is 1.38 bits per heavy atom. The Morgan fingerprint density at radius 3 is 2.96 bits per heavy atom. The second-order valence-corrected chi connectivity index (χ2v) is 6.94. The summed E-state index contributed by atoms with van der Waals surface area (Å²) in [6, 6.07) is 4.54. The predicted octanol–water partition coefficient (Wildman–Crippen LogP) is 1.96. The molecule has 2 aromatic rings. The molecule has 0 aromatic carbocycles. The molecule has 1 aliphatic rings. The van der Waals surface area contributed by atoms with Gasteiger partial charge in [0.1, 0.15) is 5.82 Å². The summed E-state index contributed by atoms with van der Waals surface area (Å²) in [5.74, 6) is 1.62. The van der Waals surface area contributed by atoms with Gasteiger partial charge < -0.3 is 15.3 Å². The molecule has 1 fully saturated rings. The van der Waals surface area contributed by atoms with Crippen molar-refractivity contribution in [1.82, 2.24) is 14.9 Å². The van der Waals surface area contributed by atoms with Crippen LogP contribution in [0.3, 0.4) is 0 Å². The van der Waals surface area contributed by atoms with Crippen LogP contribution in [0.25, 0.3) is 0 Å². The molecule has 1 atom stereocenters. The number of rotatable bonds is 6. The molecule has 24 heavy (non-hydrogen) atoms. The van der Waals surface area contributed by atoms with E-state index in [0.717, 1.165) is 44.1 Å². The summed E-state index contributed by atoms with van der Waals surface area (Å²) < 4.78 is 0. The minimum absolute atomic E-state index is 0.212. The molecule has 1 saturated heterocycles. The van der Waals surface area contributed by atoms with Crippen molar-refractivity contribution in [3.63, 3.8) is 0 Å². The second-order valence-electron chi connectivity index (χ2n) is 6.16. The van der Waals surface area contributed by atoms with Crippen LogP contribution in [0.2, 0.25) is 0 Å². The molecule has 6 nitrogen and oxygen atoms in total. The highest BCUT2D eigenvalue weighted by Gasteiger charge is 2.27. The number of hydrogen-bond donors (Lipinski definition) is 2. The largest absolute Gasteiger partial charge is 0.396 e. The van der Waals surface area contributed by atoms with E-state index in [9.17, 15) is 5.11 Å². The Bertz CT molecular complexity index is 648. The third-order valence-electron chi connectivity index (χ3n) is 4.42. The van der Waals surface area contributed by atoms with Gasteiger partial charge in [0, 0.05) is 57.6 Å². The lowest BCUT2D eigenvalue weighted by molar-refractivity contribution is 0.135. The van der Waals surface area contributed by atoms with Crippen LogP contribution in [0, 0.1) is 6.92 Å². The number of nitrogens with one attached hydrogen (secondary N) is 1. The van der Waals surface area contributed by atoms with Crippen molar-refractivity contribution in [2.24, 2.45) is 0 Å². The first-order valence-electron chi connectivity index (χ1n) is 8.34. The Balaban J connectivity index is 1.73. The van der Waals surface area contributed by atoms with Gasteiger partial charge in [-0.1, -0.05) is 0 Å². The van der Waals surface area contributed by atoms with Crippen molar-refractivity contribution >= 4 is 23.1 Å². The zero-order valence-electron chi connectivity index (χ0n) is 14.3. The molecule has 130 valence electrons. The van der Waals surface area contributed by atoms with Gasteiger partial charge in [0.25, 0.3) is 0 Å². The maximum Gasteiger partial charge on any atom is 0.224 e. The fourth-order valence-corrected chi connectivity index (χ4v) is 3.83. The van der Waals surface area contributed by atoms with Gasteiger partial charge in [-0.15, -0.1) is 0 Å². The van der Waals surface area contributed by atoms with Crippen LogP contribution >= 0.6 is 11.3 Å². The number of nitrogens with zero attached hydrogens (tertiary/aromatic N) is 4.